The molecule has 1 aromatic heterocycles. The van der Waals surface area contributed by atoms with Crippen molar-refractivity contribution in [3.63, 3.8) is 0 Å². The zero-order chi connectivity index (χ0) is 14.8. The number of benzene rings is 2. The predicted octanol–water partition coefficient (Wildman–Crippen LogP) is 3.39. The van der Waals surface area contributed by atoms with Crippen LogP contribution in [0.3, 0.4) is 0 Å². The van der Waals surface area contributed by atoms with Gasteiger partial charge in [0, 0.05) is 0 Å². The number of H-pyrrole nitrogens is 1. The number of fused-ring (bicyclic) bond motifs is 1. The molecule has 0 aliphatic rings. The lowest BCUT2D eigenvalue weighted by Crippen LogP contribution is -2.24. The molecule has 0 spiro atoms. The van der Waals surface area contributed by atoms with Crippen LogP contribution in [0.25, 0.3) is 11.0 Å². The molecule has 21 heavy (non-hydrogen) atoms. The summed E-state index contributed by atoms with van der Waals surface area (Å²) in [6.45, 7) is 0.246. The summed E-state index contributed by atoms with van der Waals surface area (Å²) in [4.78, 5) is 19.5. The van der Waals surface area contributed by atoms with Gasteiger partial charge in [-0.05, 0) is 40.2 Å². The summed E-state index contributed by atoms with van der Waals surface area (Å²) >= 11 is 3.08. The number of amides is 1. The number of para-hydroxylation sites is 2. The van der Waals surface area contributed by atoms with Gasteiger partial charge in [-0.1, -0.05) is 18.2 Å². The van der Waals surface area contributed by atoms with Crippen LogP contribution in [0, 0.1) is 5.82 Å². The summed E-state index contributed by atoms with van der Waals surface area (Å²) in [5.74, 6) is -0.176. The number of hydrogen-bond donors (Lipinski definition) is 2. The van der Waals surface area contributed by atoms with Gasteiger partial charge in [0.05, 0.1) is 27.6 Å². The van der Waals surface area contributed by atoms with Crippen LogP contribution in [0.5, 0.6) is 0 Å². The molecule has 0 saturated heterocycles. The van der Waals surface area contributed by atoms with E-state index in [1.54, 1.807) is 6.07 Å². The minimum atomic E-state index is -0.466. The SMILES string of the molecule is O=C(NCc1nc2ccccc2[nH]1)c1cccc(F)c1Br. The second kappa shape index (κ2) is 5.65. The van der Waals surface area contributed by atoms with Gasteiger partial charge < -0.3 is 10.3 Å². The summed E-state index contributed by atoms with van der Waals surface area (Å²) in [7, 11) is 0. The van der Waals surface area contributed by atoms with Gasteiger partial charge in [0.15, 0.2) is 0 Å². The molecule has 2 aromatic carbocycles. The third-order valence-corrected chi connectivity index (χ3v) is 3.86. The quantitative estimate of drug-likeness (QED) is 0.762. The zero-order valence-electron chi connectivity index (χ0n) is 10.9. The topological polar surface area (TPSA) is 57.8 Å². The van der Waals surface area contributed by atoms with Gasteiger partial charge in [-0.25, -0.2) is 9.37 Å². The van der Waals surface area contributed by atoms with E-state index in [4.69, 9.17) is 0 Å². The third kappa shape index (κ3) is 2.80. The maximum absolute atomic E-state index is 13.4. The van der Waals surface area contributed by atoms with Crippen molar-refractivity contribution in [1.82, 2.24) is 15.3 Å². The van der Waals surface area contributed by atoms with Crippen molar-refractivity contribution in [3.05, 3.63) is 64.1 Å². The lowest BCUT2D eigenvalue weighted by atomic mass is 10.2. The Morgan fingerprint density at radius 2 is 2.05 bits per heavy atom. The first-order valence-corrected chi connectivity index (χ1v) is 7.10. The van der Waals surface area contributed by atoms with Crippen molar-refractivity contribution in [2.75, 3.05) is 0 Å². The molecule has 2 N–H and O–H groups in total. The Morgan fingerprint density at radius 1 is 1.24 bits per heavy atom. The summed E-state index contributed by atoms with van der Waals surface area (Å²) in [5.41, 5.74) is 2.01. The summed E-state index contributed by atoms with van der Waals surface area (Å²) in [5, 5.41) is 2.71. The summed E-state index contributed by atoms with van der Waals surface area (Å²) in [6.07, 6.45) is 0. The van der Waals surface area contributed by atoms with Crippen molar-refractivity contribution < 1.29 is 9.18 Å². The standard InChI is InChI=1S/C15H11BrFN3O/c16-14-9(4-3-5-10(14)17)15(21)18-8-13-19-11-6-1-2-7-12(11)20-13/h1-7H,8H2,(H,18,21)(H,19,20). The van der Waals surface area contributed by atoms with E-state index in [1.807, 2.05) is 24.3 Å². The molecule has 0 aliphatic heterocycles. The highest BCUT2D eigenvalue weighted by atomic mass is 79.9. The van der Waals surface area contributed by atoms with E-state index in [0.29, 0.717) is 5.82 Å². The second-order valence-electron chi connectivity index (χ2n) is 4.48. The van der Waals surface area contributed by atoms with Crippen LogP contribution in [-0.2, 0) is 6.54 Å². The van der Waals surface area contributed by atoms with Crippen LogP contribution in [0.1, 0.15) is 16.2 Å². The number of aromatic nitrogens is 2. The molecule has 0 aliphatic carbocycles. The highest BCUT2D eigenvalue weighted by molar-refractivity contribution is 9.10. The van der Waals surface area contributed by atoms with Gasteiger partial charge in [-0.3, -0.25) is 4.79 Å². The van der Waals surface area contributed by atoms with Gasteiger partial charge in [-0.2, -0.15) is 0 Å². The minimum absolute atomic E-state index is 0.159. The predicted molar refractivity (Wildman–Crippen MR) is 81.4 cm³/mol. The van der Waals surface area contributed by atoms with Crippen LogP contribution in [-0.4, -0.2) is 15.9 Å². The molecule has 4 nitrogen and oxygen atoms in total. The normalized spacial score (nSPS) is 10.8. The number of aromatic amines is 1. The van der Waals surface area contributed by atoms with E-state index in [9.17, 15) is 9.18 Å². The smallest absolute Gasteiger partial charge is 0.252 e. The number of hydrogen-bond acceptors (Lipinski definition) is 2. The number of nitrogens with one attached hydrogen (secondary N) is 2. The molecule has 0 fully saturated rings. The average Bonchev–Trinajstić information content (AvgIpc) is 2.90. The van der Waals surface area contributed by atoms with E-state index in [1.165, 1.54) is 12.1 Å². The maximum atomic E-state index is 13.4. The molecule has 0 bridgehead atoms. The maximum Gasteiger partial charge on any atom is 0.252 e. The zero-order valence-corrected chi connectivity index (χ0v) is 12.4. The van der Waals surface area contributed by atoms with Crippen molar-refractivity contribution in [1.29, 1.82) is 0 Å². The summed E-state index contributed by atoms with van der Waals surface area (Å²) in [6, 6.07) is 12.0. The molecular formula is C15H11BrFN3O. The lowest BCUT2D eigenvalue weighted by molar-refractivity contribution is 0.0948. The summed E-state index contributed by atoms with van der Waals surface area (Å²) < 4.78 is 13.6. The van der Waals surface area contributed by atoms with E-state index in [-0.39, 0.29) is 22.5 Å². The molecule has 0 unspecified atom stereocenters. The number of halogens is 2. The molecule has 6 heteroatoms. The van der Waals surface area contributed by atoms with Crippen LogP contribution in [0.2, 0.25) is 0 Å². The Balaban J connectivity index is 1.75. The first-order valence-electron chi connectivity index (χ1n) is 6.31. The van der Waals surface area contributed by atoms with Gasteiger partial charge in [0.1, 0.15) is 11.6 Å². The fourth-order valence-electron chi connectivity index (χ4n) is 2.03. The van der Waals surface area contributed by atoms with Crippen molar-refractivity contribution in [2.45, 2.75) is 6.54 Å². The first-order chi connectivity index (χ1) is 10.1. The Bertz CT molecular complexity index is 783. The van der Waals surface area contributed by atoms with E-state index in [0.717, 1.165) is 11.0 Å². The Hall–Kier alpha value is -2.21. The Kier molecular flexibility index (Phi) is 3.70. The monoisotopic (exact) mass is 347 g/mol. The van der Waals surface area contributed by atoms with Crippen molar-refractivity contribution in [2.24, 2.45) is 0 Å². The largest absolute Gasteiger partial charge is 0.345 e. The Labute approximate surface area is 128 Å². The first kappa shape index (κ1) is 13.8. The molecule has 106 valence electrons. The second-order valence-corrected chi connectivity index (χ2v) is 5.28. The number of carbonyl (C=O) groups excluding carboxylic acids is 1. The van der Waals surface area contributed by atoms with Crippen molar-refractivity contribution >= 4 is 32.9 Å². The van der Waals surface area contributed by atoms with Gasteiger partial charge >= 0.3 is 0 Å². The third-order valence-electron chi connectivity index (χ3n) is 3.05. The van der Waals surface area contributed by atoms with Gasteiger partial charge in [0.2, 0.25) is 0 Å². The van der Waals surface area contributed by atoms with Crippen LogP contribution >= 0.6 is 15.9 Å². The number of rotatable bonds is 3. The fraction of sp³-hybridized carbons (Fsp3) is 0.0667. The van der Waals surface area contributed by atoms with Crippen LogP contribution in [0.15, 0.2) is 46.9 Å². The fourth-order valence-corrected chi connectivity index (χ4v) is 2.47. The van der Waals surface area contributed by atoms with Crippen molar-refractivity contribution in [3.8, 4) is 0 Å². The molecule has 1 heterocycles. The van der Waals surface area contributed by atoms with E-state index in [2.05, 4.69) is 31.2 Å². The average molecular weight is 348 g/mol. The highest BCUT2D eigenvalue weighted by Crippen LogP contribution is 2.20. The lowest BCUT2D eigenvalue weighted by Gasteiger charge is -2.05. The van der Waals surface area contributed by atoms with Crippen LogP contribution in [0.4, 0.5) is 4.39 Å². The van der Waals surface area contributed by atoms with Gasteiger partial charge in [-0.15, -0.1) is 0 Å². The number of imidazole rings is 1. The molecule has 0 atom stereocenters. The van der Waals surface area contributed by atoms with E-state index >= 15 is 0 Å². The molecule has 1 amide bonds. The molecule has 0 saturated carbocycles. The van der Waals surface area contributed by atoms with E-state index < -0.39 is 5.82 Å². The highest BCUT2D eigenvalue weighted by Gasteiger charge is 2.13. The molecule has 0 radical (unpaired) electrons. The molecule has 3 rings (SSSR count). The number of carbonyl (C=O) groups is 1. The molecule has 3 aromatic rings. The Morgan fingerprint density at radius 3 is 2.86 bits per heavy atom. The van der Waals surface area contributed by atoms with Gasteiger partial charge in [0.25, 0.3) is 5.91 Å². The van der Waals surface area contributed by atoms with Crippen LogP contribution < -0.4 is 5.32 Å². The minimum Gasteiger partial charge on any atom is -0.345 e. The molecular weight excluding hydrogens is 337 g/mol. The number of nitrogens with zero attached hydrogens (tertiary/aromatic N) is 1.